The number of amides is 3. The number of nitrogens with zero attached hydrogens (tertiary/aromatic N) is 2. The molecule has 1 aromatic rings. The summed E-state index contributed by atoms with van der Waals surface area (Å²) in [5, 5.41) is 5.54. The number of β-lactam (4-membered cyclic amide) rings is 1. The smallest absolute Gasteiger partial charge is 0.404 e. The predicted octanol–water partition coefficient (Wildman–Crippen LogP) is 0.238. The van der Waals surface area contributed by atoms with E-state index in [1.165, 1.54) is 45.2 Å². The van der Waals surface area contributed by atoms with Crippen LogP contribution in [0.15, 0.2) is 39.2 Å². The molecule has 1 saturated heterocycles. The van der Waals surface area contributed by atoms with Crippen LogP contribution in [0.25, 0.3) is 0 Å². The van der Waals surface area contributed by atoms with E-state index >= 15 is 0 Å². The van der Waals surface area contributed by atoms with Gasteiger partial charge in [0.05, 0.1) is 6.26 Å². The molecule has 0 radical (unpaired) electrons. The van der Waals surface area contributed by atoms with Crippen molar-refractivity contribution < 1.29 is 52.2 Å². The molecule has 2 aliphatic rings. The summed E-state index contributed by atoms with van der Waals surface area (Å²) in [5.41, 5.74) is 4.91. The van der Waals surface area contributed by atoms with Gasteiger partial charge < -0.3 is 39.3 Å². The number of oxime groups is 1. The zero-order valence-corrected chi connectivity index (χ0v) is 22.2. The van der Waals surface area contributed by atoms with Gasteiger partial charge in [-0.3, -0.25) is 19.3 Å². The molecule has 0 saturated carbocycles. The highest BCUT2D eigenvalue weighted by Crippen LogP contribution is 2.41. The molecule has 1 unspecified atom stereocenters. The summed E-state index contributed by atoms with van der Waals surface area (Å²) >= 11 is 1.21. The maximum absolute atomic E-state index is 13.1. The maximum Gasteiger partial charge on any atom is 0.404 e. The fourth-order valence-corrected chi connectivity index (χ4v) is 5.02. The molecular formula is C23H28N4O11S. The number of nitrogens with two attached hydrogens (primary N) is 1. The minimum atomic E-state index is -1.28. The van der Waals surface area contributed by atoms with Gasteiger partial charge in [0, 0.05) is 38.4 Å². The van der Waals surface area contributed by atoms with Crippen LogP contribution in [0.5, 0.6) is 0 Å². The number of carbonyl (C=O) groups excluding carboxylic acids is 5. The predicted molar refractivity (Wildman–Crippen MR) is 133 cm³/mol. The molecule has 39 heavy (non-hydrogen) atoms. The third-order valence-corrected chi connectivity index (χ3v) is 6.71. The van der Waals surface area contributed by atoms with E-state index in [4.69, 9.17) is 33.9 Å². The van der Waals surface area contributed by atoms with Crippen LogP contribution in [0.4, 0.5) is 4.79 Å². The molecule has 0 bridgehead atoms. The van der Waals surface area contributed by atoms with Crippen LogP contribution in [-0.4, -0.2) is 91.3 Å². The van der Waals surface area contributed by atoms with Gasteiger partial charge in [0.2, 0.25) is 12.0 Å². The van der Waals surface area contributed by atoms with Crippen LogP contribution in [0.3, 0.4) is 0 Å². The van der Waals surface area contributed by atoms with Crippen LogP contribution in [0.1, 0.15) is 25.5 Å². The van der Waals surface area contributed by atoms with Gasteiger partial charge in [-0.2, -0.15) is 0 Å². The summed E-state index contributed by atoms with van der Waals surface area (Å²) in [7, 11) is 2.75. The summed E-state index contributed by atoms with van der Waals surface area (Å²) in [6.07, 6.45) is -0.548. The number of primary amides is 1. The third-order valence-electron chi connectivity index (χ3n) is 5.37. The fourth-order valence-electron chi connectivity index (χ4n) is 3.69. The summed E-state index contributed by atoms with van der Waals surface area (Å²) in [5.74, 6) is -2.71. The Hall–Kier alpha value is -4.05. The van der Waals surface area contributed by atoms with Crippen molar-refractivity contribution in [3.8, 4) is 0 Å². The number of nitrogens with one attached hydrogen (secondary N) is 1. The van der Waals surface area contributed by atoms with Crippen LogP contribution < -0.4 is 11.1 Å². The van der Waals surface area contributed by atoms with Gasteiger partial charge in [0.1, 0.15) is 30.8 Å². The van der Waals surface area contributed by atoms with Gasteiger partial charge >= 0.3 is 18.0 Å². The first-order chi connectivity index (χ1) is 18.7. The second kappa shape index (κ2) is 13.7. The summed E-state index contributed by atoms with van der Waals surface area (Å²) in [6, 6.07) is 2.02. The Balaban J connectivity index is 1.74. The number of fused-ring (bicyclic) bond motifs is 1. The lowest BCUT2D eigenvalue weighted by Crippen LogP contribution is -2.71. The molecule has 0 spiro atoms. The number of methoxy groups -OCH3 is 1. The summed E-state index contributed by atoms with van der Waals surface area (Å²) < 4.78 is 25.3. The molecule has 16 heteroatoms. The van der Waals surface area contributed by atoms with E-state index < -0.39 is 47.6 Å². The number of esters is 2. The van der Waals surface area contributed by atoms with Crippen molar-refractivity contribution >= 4 is 47.3 Å². The molecule has 212 valence electrons. The van der Waals surface area contributed by atoms with E-state index in [1.54, 1.807) is 6.07 Å². The molecule has 3 rings (SSSR count). The number of ether oxygens (including phenoxy) is 4. The monoisotopic (exact) mass is 568 g/mol. The van der Waals surface area contributed by atoms with E-state index in [0.717, 1.165) is 4.90 Å². The first-order valence-corrected chi connectivity index (χ1v) is 12.7. The minimum Gasteiger partial charge on any atom is -0.462 e. The molecule has 3 atom stereocenters. The highest BCUT2D eigenvalue weighted by Gasteiger charge is 2.55. The van der Waals surface area contributed by atoms with Crippen molar-refractivity contribution in [2.24, 2.45) is 10.9 Å². The molecule has 1 fully saturated rings. The van der Waals surface area contributed by atoms with E-state index in [1.807, 2.05) is 0 Å². The van der Waals surface area contributed by atoms with Crippen molar-refractivity contribution in [2.75, 3.05) is 33.2 Å². The van der Waals surface area contributed by atoms with E-state index in [-0.39, 0.29) is 41.5 Å². The van der Waals surface area contributed by atoms with E-state index in [2.05, 4.69) is 10.5 Å². The Kier molecular flexibility index (Phi) is 10.3. The molecule has 3 amide bonds. The minimum absolute atomic E-state index is 0.0488. The molecule has 1 aromatic heterocycles. The van der Waals surface area contributed by atoms with Crippen molar-refractivity contribution in [1.82, 2.24) is 10.2 Å². The Morgan fingerprint density at radius 3 is 2.69 bits per heavy atom. The second-order valence-electron chi connectivity index (χ2n) is 8.08. The topological polar surface area (TPSA) is 198 Å². The lowest BCUT2D eigenvalue weighted by atomic mass is 10.0. The molecule has 3 heterocycles. The number of rotatable bonds is 13. The van der Waals surface area contributed by atoms with Gasteiger partial charge in [-0.1, -0.05) is 5.16 Å². The van der Waals surface area contributed by atoms with Crippen LogP contribution >= 0.6 is 11.8 Å². The van der Waals surface area contributed by atoms with Crippen molar-refractivity contribution in [3.63, 3.8) is 0 Å². The van der Waals surface area contributed by atoms with E-state index in [9.17, 15) is 24.0 Å². The van der Waals surface area contributed by atoms with Gasteiger partial charge in [-0.15, -0.1) is 11.8 Å². The number of carbonyl (C=O) groups is 5. The summed E-state index contributed by atoms with van der Waals surface area (Å²) in [4.78, 5) is 68.1. The zero-order valence-electron chi connectivity index (χ0n) is 21.4. The summed E-state index contributed by atoms with van der Waals surface area (Å²) in [6.45, 7) is 1.32. The largest absolute Gasteiger partial charge is 0.462 e. The standard InChI is InChI=1S/C23H28N4O11S/c1-12(37-15(28)7-5-8-33-2)38-22(31)18-13(10-36-23(24)32)11-39-21-17(20(30)27(18)21)25-19(29)16(26-34-3)14-6-4-9-35-14/h4,6,9,12,17,21H,5,7-8,10-11H2,1-3H3,(H2,24,32)(H,25,29)/b26-16+/t12?,17-,21-/m1/s1. The van der Waals surface area contributed by atoms with Gasteiger partial charge in [-0.25, -0.2) is 9.59 Å². The molecule has 0 aromatic carbocycles. The van der Waals surface area contributed by atoms with Crippen molar-refractivity contribution in [2.45, 2.75) is 37.5 Å². The number of thioether (sulfide) groups is 1. The normalized spacial score (nSPS) is 19.4. The average molecular weight is 569 g/mol. The average Bonchev–Trinajstić information content (AvgIpc) is 3.42. The molecule has 2 aliphatic heterocycles. The molecule has 15 nitrogen and oxygen atoms in total. The Morgan fingerprint density at radius 2 is 2.05 bits per heavy atom. The van der Waals surface area contributed by atoms with Crippen LogP contribution in [0.2, 0.25) is 0 Å². The first kappa shape index (κ1) is 29.5. The quantitative estimate of drug-likeness (QED) is 0.0822. The Bertz CT molecular complexity index is 1150. The fraction of sp³-hybridized carbons (Fsp3) is 0.478. The molecule has 0 aliphatic carbocycles. The van der Waals surface area contributed by atoms with Crippen molar-refractivity contribution in [1.29, 1.82) is 0 Å². The molecule has 3 N–H and O–H groups in total. The highest BCUT2D eigenvalue weighted by molar-refractivity contribution is 8.00. The van der Waals surface area contributed by atoms with Gasteiger partial charge in [0.15, 0.2) is 5.76 Å². The lowest BCUT2D eigenvalue weighted by Gasteiger charge is -2.49. The first-order valence-electron chi connectivity index (χ1n) is 11.6. The Morgan fingerprint density at radius 1 is 1.28 bits per heavy atom. The van der Waals surface area contributed by atoms with Gasteiger partial charge in [-0.05, 0) is 18.6 Å². The SMILES string of the molecule is COCCCC(=O)OC(C)OC(=O)C1=C(COC(N)=O)CS[C@@H]2[C@H](NC(=O)/C(=N/OC)c3ccco3)C(=O)N12. The van der Waals surface area contributed by atoms with E-state index in [0.29, 0.717) is 13.0 Å². The maximum atomic E-state index is 13.1. The van der Waals surface area contributed by atoms with Crippen LogP contribution in [-0.2, 0) is 43.0 Å². The molecular weight excluding hydrogens is 540 g/mol. The number of furan rings is 1. The number of hydrogen-bond acceptors (Lipinski definition) is 13. The third kappa shape index (κ3) is 7.29. The zero-order chi connectivity index (χ0) is 28.5. The Labute approximate surface area is 226 Å². The van der Waals surface area contributed by atoms with Crippen LogP contribution in [0, 0.1) is 0 Å². The van der Waals surface area contributed by atoms with Crippen molar-refractivity contribution in [3.05, 3.63) is 35.4 Å². The second-order valence-corrected chi connectivity index (χ2v) is 9.18. The van der Waals surface area contributed by atoms with Gasteiger partial charge in [0.25, 0.3) is 11.8 Å². The number of hydrogen-bond donors (Lipinski definition) is 2. The lowest BCUT2D eigenvalue weighted by molar-refractivity contribution is -0.184. The highest BCUT2D eigenvalue weighted by atomic mass is 32.2.